The van der Waals surface area contributed by atoms with Crippen LogP contribution in [0.25, 0.3) is 0 Å². The molecule has 1 rings (SSSR count). The van der Waals surface area contributed by atoms with Crippen LogP contribution in [0.2, 0.25) is 0 Å². The number of hydrogen-bond acceptors (Lipinski definition) is 3. The van der Waals surface area contributed by atoms with E-state index in [2.05, 4.69) is 27.8 Å². The number of hydrogen-bond donors (Lipinski definition) is 1. The van der Waals surface area contributed by atoms with Crippen molar-refractivity contribution in [3.8, 4) is 0 Å². The SMILES string of the molecule is C=CCN(C)S(=O)(=O)c1ccc(CNCC)cc1Br. The van der Waals surface area contributed by atoms with Crippen molar-refractivity contribution in [2.24, 2.45) is 0 Å². The molecule has 0 atom stereocenters. The van der Waals surface area contributed by atoms with E-state index in [1.807, 2.05) is 19.1 Å². The van der Waals surface area contributed by atoms with Gasteiger partial charge in [0, 0.05) is 24.6 Å². The first-order chi connectivity index (χ1) is 8.93. The Balaban J connectivity index is 3.05. The molecule has 0 unspecified atom stereocenters. The molecule has 0 heterocycles. The summed E-state index contributed by atoms with van der Waals surface area (Å²) in [6, 6.07) is 5.28. The van der Waals surface area contributed by atoms with Crippen LogP contribution in [0.15, 0.2) is 40.2 Å². The van der Waals surface area contributed by atoms with Crippen molar-refractivity contribution in [1.82, 2.24) is 9.62 Å². The predicted molar refractivity (Wildman–Crippen MR) is 81.5 cm³/mol. The summed E-state index contributed by atoms with van der Waals surface area (Å²) in [6.45, 7) is 7.46. The Morgan fingerprint density at radius 1 is 1.47 bits per heavy atom. The van der Waals surface area contributed by atoms with Crippen molar-refractivity contribution in [1.29, 1.82) is 0 Å². The molecule has 1 N–H and O–H groups in total. The quantitative estimate of drug-likeness (QED) is 0.771. The molecule has 0 spiro atoms. The molecule has 6 heteroatoms. The van der Waals surface area contributed by atoms with E-state index in [4.69, 9.17) is 0 Å². The first kappa shape index (κ1) is 16.4. The molecule has 1 aromatic carbocycles. The summed E-state index contributed by atoms with van der Waals surface area (Å²) in [5.41, 5.74) is 1.04. The fourth-order valence-corrected chi connectivity index (χ4v) is 3.80. The number of halogens is 1. The zero-order valence-corrected chi connectivity index (χ0v) is 13.6. The predicted octanol–water partition coefficient (Wildman–Crippen LogP) is 2.37. The van der Waals surface area contributed by atoms with Gasteiger partial charge in [0.25, 0.3) is 0 Å². The molecule has 0 saturated heterocycles. The first-order valence-corrected chi connectivity index (χ1v) is 8.23. The second-order valence-corrected chi connectivity index (χ2v) is 6.99. The molecule has 0 aliphatic carbocycles. The van der Waals surface area contributed by atoms with Gasteiger partial charge in [-0.2, -0.15) is 4.31 Å². The lowest BCUT2D eigenvalue weighted by atomic mass is 10.2. The van der Waals surface area contributed by atoms with Gasteiger partial charge in [0.1, 0.15) is 0 Å². The van der Waals surface area contributed by atoms with Crippen LogP contribution < -0.4 is 5.32 Å². The minimum atomic E-state index is -3.47. The summed E-state index contributed by atoms with van der Waals surface area (Å²) in [4.78, 5) is 0.275. The topological polar surface area (TPSA) is 49.4 Å². The van der Waals surface area contributed by atoms with Crippen LogP contribution in [0, 0.1) is 0 Å². The third-order valence-electron chi connectivity index (χ3n) is 2.65. The van der Waals surface area contributed by atoms with Gasteiger partial charge in [-0.15, -0.1) is 6.58 Å². The average Bonchev–Trinajstić information content (AvgIpc) is 2.36. The van der Waals surface area contributed by atoms with E-state index in [1.54, 1.807) is 12.1 Å². The van der Waals surface area contributed by atoms with E-state index < -0.39 is 10.0 Å². The smallest absolute Gasteiger partial charge is 0.244 e. The molecule has 4 nitrogen and oxygen atoms in total. The minimum Gasteiger partial charge on any atom is -0.313 e. The van der Waals surface area contributed by atoms with Gasteiger partial charge in [-0.3, -0.25) is 0 Å². The molecule has 0 saturated carbocycles. The monoisotopic (exact) mass is 346 g/mol. The minimum absolute atomic E-state index is 0.275. The normalized spacial score (nSPS) is 11.8. The average molecular weight is 347 g/mol. The first-order valence-electron chi connectivity index (χ1n) is 5.99. The second-order valence-electron chi connectivity index (χ2n) is 4.12. The van der Waals surface area contributed by atoms with E-state index in [9.17, 15) is 8.42 Å². The molecule has 0 radical (unpaired) electrons. The molecule has 0 fully saturated rings. The van der Waals surface area contributed by atoms with Gasteiger partial charge in [-0.05, 0) is 40.2 Å². The maximum absolute atomic E-state index is 12.3. The molecule has 1 aromatic rings. The van der Waals surface area contributed by atoms with Crippen molar-refractivity contribution in [3.05, 3.63) is 40.9 Å². The van der Waals surface area contributed by atoms with Crippen LogP contribution in [0.3, 0.4) is 0 Å². The van der Waals surface area contributed by atoms with Gasteiger partial charge >= 0.3 is 0 Å². The summed E-state index contributed by atoms with van der Waals surface area (Å²) in [5, 5.41) is 3.20. The van der Waals surface area contributed by atoms with E-state index >= 15 is 0 Å². The highest BCUT2D eigenvalue weighted by Crippen LogP contribution is 2.25. The second kappa shape index (κ2) is 7.19. The van der Waals surface area contributed by atoms with Crippen molar-refractivity contribution >= 4 is 26.0 Å². The summed E-state index contributed by atoms with van der Waals surface area (Å²) < 4.78 is 26.5. The zero-order valence-electron chi connectivity index (χ0n) is 11.2. The lowest BCUT2D eigenvalue weighted by molar-refractivity contribution is 0.499. The molecule has 0 aromatic heterocycles. The number of rotatable bonds is 7. The number of nitrogens with one attached hydrogen (secondary N) is 1. The third kappa shape index (κ3) is 4.14. The van der Waals surface area contributed by atoms with Crippen molar-refractivity contribution < 1.29 is 8.42 Å². The Morgan fingerprint density at radius 3 is 2.68 bits per heavy atom. The van der Waals surface area contributed by atoms with Crippen molar-refractivity contribution in [2.45, 2.75) is 18.4 Å². The van der Waals surface area contributed by atoms with Crippen molar-refractivity contribution in [2.75, 3.05) is 20.1 Å². The van der Waals surface area contributed by atoms with Gasteiger partial charge in [-0.25, -0.2) is 8.42 Å². The summed E-state index contributed by atoms with van der Waals surface area (Å²) in [6.07, 6.45) is 1.56. The van der Waals surface area contributed by atoms with Gasteiger partial charge in [-0.1, -0.05) is 19.1 Å². The van der Waals surface area contributed by atoms with Crippen LogP contribution in [0.4, 0.5) is 0 Å². The van der Waals surface area contributed by atoms with E-state index in [0.29, 0.717) is 4.47 Å². The molecule has 106 valence electrons. The Bertz CT molecular complexity index is 544. The number of nitrogens with zero attached hydrogens (tertiary/aromatic N) is 1. The molecule has 0 bridgehead atoms. The van der Waals surface area contributed by atoms with Crippen molar-refractivity contribution in [3.63, 3.8) is 0 Å². The molecular formula is C13H19BrN2O2S. The van der Waals surface area contributed by atoms with Crippen LogP contribution in [-0.2, 0) is 16.6 Å². The fraction of sp³-hybridized carbons (Fsp3) is 0.385. The standard InChI is InChI=1S/C13H19BrN2O2S/c1-4-8-16(3)19(17,18)13-7-6-11(9-12(13)14)10-15-5-2/h4,6-7,9,15H,1,5,8,10H2,2-3H3. The van der Waals surface area contributed by atoms with Gasteiger partial charge in [0.2, 0.25) is 10.0 Å². The Labute approximate surface area is 123 Å². The van der Waals surface area contributed by atoms with Gasteiger partial charge in [0.15, 0.2) is 0 Å². The molecule has 0 aliphatic heterocycles. The Kier molecular flexibility index (Phi) is 6.19. The highest BCUT2D eigenvalue weighted by Gasteiger charge is 2.22. The third-order valence-corrected chi connectivity index (χ3v) is 5.45. The van der Waals surface area contributed by atoms with E-state index in [-0.39, 0.29) is 11.4 Å². The van der Waals surface area contributed by atoms with Gasteiger partial charge < -0.3 is 5.32 Å². The number of benzene rings is 1. The van der Waals surface area contributed by atoms with Crippen LogP contribution in [-0.4, -0.2) is 32.9 Å². The number of sulfonamides is 1. The number of likely N-dealkylation sites (N-methyl/N-ethyl adjacent to an activating group) is 1. The molecule has 0 aliphatic rings. The molecular weight excluding hydrogens is 328 g/mol. The largest absolute Gasteiger partial charge is 0.313 e. The van der Waals surface area contributed by atoms with Crippen LogP contribution in [0.1, 0.15) is 12.5 Å². The van der Waals surface area contributed by atoms with Crippen LogP contribution >= 0.6 is 15.9 Å². The molecule has 0 amide bonds. The highest BCUT2D eigenvalue weighted by molar-refractivity contribution is 9.10. The van der Waals surface area contributed by atoms with Gasteiger partial charge in [0.05, 0.1) is 4.90 Å². The maximum atomic E-state index is 12.3. The highest BCUT2D eigenvalue weighted by atomic mass is 79.9. The van der Waals surface area contributed by atoms with E-state index in [1.165, 1.54) is 11.4 Å². The Hall–Kier alpha value is -0.690. The Morgan fingerprint density at radius 2 is 2.16 bits per heavy atom. The molecule has 19 heavy (non-hydrogen) atoms. The fourth-order valence-electron chi connectivity index (χ4n) is 1.58. The van der Waals surface area contributed by atoms with Crippen LogP contribution in [0.5, 0.6) is 0 Å². The summed E-state index contributed by atoms with van der Waals surface area (Å²) in [7, 11) is -1.94. The zero-order chi connectivity index (χ0) is 14.5. The maximum Gasteiger partial charge on any atom is 0.244 e. The van der Waals surface area contributed by atoms with E-state index in [0.717, 1.165) is 18.7 Å². The summed E-state index contributed by atoms with van der Waals surface area (Å²) in [5.74, 6) is 0. The lowest BCUT2D eigenvalue weighted by Crippen LogP contribution is -2.27. The summed E-state index contributed by atoms with van der Waals surface area (Å²) >= 11 is 3.33. The lowest BCUT2D eigenvalue weighted by Gasteiger charge is -2.16.